The van der Waals surface area contributed by atoms with Crippen LogP contribution in [-0.2, 0) is 0 Å². The van der Waals surface area contributed by atoms with Gasteiger partial charge in [0.1, 0.15) is 0 Å². The monoisotopic (exact) mass is 1000 g/mol. The van der Waals surface area contributed by atoms with Crippen molar-refractivity contribution in [2.75, 3.05) is 9.80 Å². The van der Waals surface area contributed by atoms with Crippen LogP contribution in [-0.4, -0.2) is 27.6 Å². The highest BCUT2D eigenvalue weighted by molar-refractivity contribution is 6.11. The largest absolute Gasteiger partial charge is 0.362 e. The first kappa shape index (κ1) is 47.6. The highest BCUT2D eigenvalue weighted by Crippen LogP contribution is 2.48. The minimum atomic E-state index is 0.274. The van der Waals surface area contributed by atoms with Crippen LogP contribution in [0, 0.1) is 11.8 Å². The van der Waals surface area contributed by atoms with Gasteiger partial charge in [0, 0.05) is 62.6 Å². The summed E-state index contributed by atoms with van der Waals surface area (Å²) >= 11 is 0. The predicted molar refractivity (Wildman–Crippen MR) is 325 cm³/mol. The van der Waals surface area contributed by atoms with Crippen molar-refractivity contribution in [3.8, 4) is 0 Å². The Morgan fingerprint density at radius 1 is 0.584 bits per heavy atom. The van der Waals surface area contributed by atoms with Crippen molar-refractivity contribution < 1.29 is 0 Å². The van der Waals surface area contributed by atoms with E-state index in [4.69, 9.17) is 0 Å². The van der Waals surface area contributed by atoms with E-state index in [0.29, 0.717) is 17.9 Å². The summed E-state index contributed by atoms with van der Waals surface area (Å²) < 4.78 is 2.49. The zero-order valence-electron chi connectivity index (χ0n) is 44.7. The molecule has 1 aromatic heterocycles. The number of fused-ring (bicyclic) bond motifs is 5. The number of para-hydroxylation sites is 2. The van der Waals surface area contributed by atoms with Gasteiger partial charge in [-0.2, -0.15) is 0 Å². The van der Waals surface area contributed by atoms with Crippen LogP contribution < -0.4 is 9.80 Å². The van der Waals surface area contributed by atoms with Gasteiger partial charge in [0.2, 0.25) is 0 Å². The van der Waals surface area contributed by atoms with E-state index >= 15 is 0 Å². The van der Waals surface area contributed by atoms with Gasteiger partial charge in [0.25, 0.3) is 0 Å². The van der Waals surface area contributed by atoms with Gasteiger partial charge in [-0.05, 0) is 195 Å². The summed E-state index contributed by atoms with van der Waals surface area (Å²) in [6.07, 6.45) is 51.5. The molecule has 6 aromatic rings. The second-order valence-corrected chi connectivity index (χ2v) is 22.8. The molecular weight excluding hydrogens is 933 g/mol. The molecule has 8 aliphatic rings. The topological polar surface area (TPSA) is 14.7 Å². The average molecular weight is 1000 g/mol. The molecule has 4 heteroatoms. The molecule has 0 radical (unpaired) electrons. The quantitative estimate of drug-likeness (QED) is 0.129. The molecule has 2 heterocycles. The van der Waals surface area contributed by atoms with E-state index in [2.05, 4.69) is 245 Å². The Labute approximate surface area is 456 Å². The molecule has 5 atom stereocenters. The van der Waals surface area contributed by atoms with Crippen LogP contribution in [0.5, 0.6) is 0 Å². The molecule has 0 fully saturated rings. The van der Waals surface area contributed by atoms with E-state index in [1.807, 2.05) is 0 Å². The standard InChI is InChI=1S/C73H70N4/c1-51-26-45-67-69-50-65(44-47-72(69)77(73(67)48-51)59-22-12-5-13-23-59)75(61-37-29-55(30-38-61)53-18-8-3-9-19-53)63-41-33-57(34-42-63)56-31-39-62(40-32-56)74(60-35-27-54(28-36-60)52-16-6-2-7-17-52)64-43-46-71-68(49-64)66-24-14-15-25-70(66)76(71)58-20-10-4-11-21-58/h2,4-7,10,12-18,20,22-27,29,31-35,39-41,43-47,49-51,61,63,69,72H,3,8-9,11,19,21,28,30,36-38,42,48H2,1H3. The van der Waals surface area contributed by atoms with Crippen molar-refractivity contribution in [1.29, 1.82) is 0 Å². The lowest BCUT2D eigenvalue weighted by Crippen LogP contribution is -2.44. The van der Waals surface area contributed by atoms with Crippen LogP contribution in [0.3, 0.4) is 0 Å². The van der Waals surface area contributed by atoms with Gasteiger partial charge in [0.15, 0.2) is 0 Å². The molecular formula is C73H70N4. The number of hydrogen-bond donors (Lipinski definition) is 0. The third-order valence-corrected chi connectivity index (χ3v) is 18.0. The summed E-state index contributed by atoms with van der Waals surface area (Å²) in [4.78, 5) is 8.01. The Morgan fingerprint density at radius 2 is 1.40 bits per heavy atom. The maximum Gasteiger partial charge on any atom is 0.0627 e. The lowest BCUT2D eigenvalue weighted by atomic mass is 9.83. The van der Waals surface area contributed by atoms with Crippen LogP contribution >= 0.6 is 0 Å². The molecule has 7 aliphatic carbocycles. The lowest BCUT2D eigenvalue weighted by Gasteiger charge is -2.43. The van der Waals surface area contributed by atoms with E-state index < -0.39 is 0 Å². The minimum absolute atomic E-state index is 0.274. The fourth-order valence-corrected chi connectivity index (χ4v) is 14.2. The van der Waals surface area contributed by atoms with Crippen molar-refractivity contribution in [1.82, 2.24) is 9.47 Å². The average Bonchev–Trinajstić information content (AvgIpc) is 4.03. The first-order chi connectivity index (χ1) is 38.1. The molecule has 0 spiro atoms. The van der Waals surface area contributed by atoms with E-state index in [9.17, 15) is 0 Å². The van der Waals surface area contributed by atoms with Crippen molar-refractivity contribution in [3.63, 3.8) is 0 Å². The molecule has 0 saturated carbocycles. The second kappa shape index (κ2) is 20.6. The molecule has 382 valence electrons. The van der Waals surface area contributed by atoms with Gasteiger partial charge in [-0.15, -0.1) is 0 Å². The number of anilines is 3. The molecule has 0 amide bonds. The van der Waals surface area contributed by atoms with Crippen LogP contribution in [0.25, 0.3) is 38.6 Å². The zero-order chi connectivity index (χ0) is 51.2. The smallest absolute Gasteiger partial charge is 0.0627 e. The molecule has 0 saturated heterocycles. The predicted octanol–water partition coefficient (Wildman–Crippen LogP) is 18.7. The number of hydrogen-bond acceptors (Lipinski definition) is 3. The van der Waals surface area contributed by atoms with Gasteiger partial charge in [0.05, 0.1) is 23.1 Å². The summed E-state index contributed by atoms with van der Waals surface area (Å²) in [6.45, 7) is 2.36. The van der Waals surface area contributed by atoms with Crippen LogP contribution in [0.15, 0.2) is 252 Å². The van der Waals surface area contributed by atoms with Crippen molar-refractivity contribution in [2.24, 2.45) is 11.8 Å². The SMILES string of the molecule is CC1C=CC2=C(C1)N(c1ccccc1)C1C=CC(N(C3C=CC(c4ccc(N(C5=CC=C(c6ccccc6)CC5)c5ccc6c(c5)c5ccccc5n6C5=CC=CCC5)cc4)=CC3)C3CC=C(C4=CCCCC4)CC3)=CC21. The second-order valence-electron chi connectivity index (χ2n) is 22.8. The lowest BCUT2D eigenvalue weighted by molar-refractivity contribution is 0.202. The molecule has 0 bridgehead atoms. The summed E-state index contributed by atoms with van der Waals surface area (Å²) in [7, 11) is 0. The molecule has 77 heavy (non-hydrogen) atoms. The molecule has 14 rings (SSSR count). The van der Waals surface area contributed by atoms with Gasteiger partial charge in [-0.3, -0.25) is 0 Å². The van der Waals surface area contributed by atoms with Crippen molar-refractivity contribution in [2.45, 2.75) is 109 Å². The van der Waals surface area contributed by atoms with Gasteiger partial charge in [-0.25, -0.2) is 0 Å². The van der Waals surface area contributed by atoms with Crippen LogP contribution in [0.1, 0.15) is 102 Å². The van der Waals surface area contributed by atoms with Crippen molar-refractivity contribution in [3.05, 3.63) is 263 Å². The molecule has 5 unspecified atom stereocenters. The number of nitrogens with zero attached hydrogens (tertiary/aromatic N) is 4. The third kappa shape index (κ3) is 9.00. The fourth-order valence-electron chi connectivity index (χ4n) is 14.2. The third-order valence-electron chi connectivity index (χ3n) is 18.0. The Morgan fingerprint density at radius 3 is 2.17 bits per heavy atom. The maximum absolute atomic E-state index is 2.84. The highest BCUT2D eigenvalue weighted by atomic mass is 15.2. The normalized spacial score (nSPS) is 23.9. The first-order valence-corrected chi connectivity index (χ1v) is 29.1. The summed E-state index contributed by atoms with van der Waals surface area (Å²) in [5.74, 6) is 0.855. The summed E-state index contributed by atoms with van der Waals surface area (Å²) in [5.41, 5.74) is 21.8. The maximum atomic E-state index is 2.84. The van der Waals surface area contributed by atoms with E-state index in [-0.39, 0.29) is 12.1 Å². The fraction of sp³-hybridized carbons (Fsp3) is 0.260. The Kier molecular flexibility index (Phi) is 12.7. The number of benzene rings is 5. The van der Waals surface area contributed by atoms with Crippen LogP contribution in [0.2, 0.25) is 0 Å². The summed E-state index contributed by atoms with van der Waals surface area (Å²) in [5, 5.41) is 2.59. The summed E-state index contributed by atoms with van der Waals surface area (Å²) in [6, 6.07) is 48.6. The molecule has 5 aromatic carbocycles. The number of aromatic nitrogens is 1. The molecule has 1 aliphatic heterocycles. The Balaban J connectivity index is 0.781. The van der Waals surface area contributed by atoms with E-state index in [1.54, 1.807) is 11.1 Å². The van der Waals surface area contributed by atoms with Gasteiger partial charge < -0.3 is 19.3 Å². The van der Waals surface area contributed by atoms with Gasteiger partial charge in [-0.1, -0.05) is 159 Å². The van der Waals surface area contributed by atoms with E-state index in [0.717, 1.165) is 44.9 Å². The molecule has 4 nitrogen and oxygen atoms in total. The van der Waals surface area contributed by atoms with E-state index in [1.165, 1.54) is 128 Å². The minimum Gasteiger partial charge on any atom is -0.362 e. The Bertz CT molecular complexity index is 3650. The number of rotatable bonds is 11. The first-order valence-electron chi connectivity index (χ1n) is 29.1. The Hall–Kier alpha value is -7.82. The highest BCUT2D eigenvalue weighted by Gasteiger charge is 2.42. The molecule has 0 N–H and O–H groups in total. The number of allylic oxidation sites excluding steroid dienone is 17. The van der Waals surface area contributed by atoms with Crippen molar-refractivity contribution >= 4 is 55.7 Å². The van der Waals surface area contributed by atoms with Gasteiger partial charge >= 0.3 is 0 Å². The zero-order valence-corrected chi connectivity index (χ0v) is 44.7. The van der Waals surface area contributed by atoms with Crippen LogP contribution in [0.4, 0.5) is 17.1 Å².